The van der Waals surface area contributed by atoms with Gasteiger partial charge in [-0.3, -0.25) is 0 Å². The number of halogens is 1. The molecule has 3 aromatic rings. The zero-order chi connectivity index (χ0) is 14.1. The monoisotopic (exact) mass is 303 g/mol. The fraction of sp³-hybridized carbons (Fsp3) is 0.133. The number of aromatic nitrogens is 2. The third-order valence-corrected chi connectivity index (χ3v) is 4.58. The molecule has 0 fully saturated rings. The van der Waals surface area contributed by atoms with E-state index in [4.69, 9.17) is 17.3 Å². The van der Waals surface area contributed by atoms with Crippen LogP contribution < -0.4 is 5.73 Å². The lowest BCUT2D eigenvalue weighted by atomic mass is 10.2. The molecule has 3 nitrogen and oxygen atoms in total. The number of nitrogens with two attached hydrogens (primary N) is 1. The number of fused-ring (bicyclic) bond motifs is 1. The van der Waals surface area contributed by atoms with E-state index in [1.54, 1.807) is 0 Å². The predicted molar refractivity (Wildman–Crippen MR) is 84.3 cm³/mol. The molecule has 0 atom stereocenters. The predicted octanol–water partition coefficient (Wildman–Crippen LogP) is 4.13. The van der Waals surface area contributed by atoms with Gasteiger partial charge in [-0.15, -0.1) is 0 Å². The summed E-state index contributed by atoms with van der Waals surface area (Å²) in [6, 6.07) is 11.9. The van der Waals surface area contributed by atoms with Crippen LogP contribution in [0.1, 0.15) is 11.1 Å². The number of aromatic amines is 1. The molecule has 0 unspecified atom stereocenters. The topological polar surface area (TPSA) is 54.7 Å². The summed E-state index contributed by atoms with van der Waals surface area (Å²) in [5.41, 5.74) is 9.99. The second kappa shape index (κ2) is 5.48. The van der Waals surface area contributed by atoms with Gasteiger partial charge in [0.15, 0.2) is 5.16 Å². The summed E-state index contributed by atoms with van der Waals surface area (Å²) < 4.78 is 0. The molecule has 3 rings (SSSR count). The molecule has 0 bridgehead atoms. The summed E-state index contributed by atoms with van der Waals surface area (Å²) in [5, 5.41) is 1.53. The molecular weight excluding hydrogens is 290 g/mol. The molecule has 0 saturated carbocycles. The number of hydrogen-bond donors (Lipinski definition) is 2. The van der Waals surface area contributed by atoms with E-state index in [1.807, 2.05) is 24.3 Å². The Hall–Kier alpha value is -1.49. The Labute approximate surface area is 126 Å². The minimum absolute atomic E-state index is 0.461. The molecule has 1 aromatic heterocycles. The van der Waals surface area contributed by atoms with Crippen molar-refractivity contribution in [3.8, 4) is 0 Å². The molecule has 1 heterocycles. The highest BCUT2D eigenvalue weighted by molar-refractivity contribution is 7.99. The Bertz CT molecular complexity index is 767. The number of hydrogen-bond acceptors (Lipinski definition) is 3. The first-order valence-electron chi connectivity index (χ1n) is 6.29. The average Bonchev–Trinajstić information content (AvgIpc) is 2.82. The van der Waals surface area contributed by atoms with Crippen LogP contribution in [0.15, 0.2) is 46.5 Å². The normalized spacial score (nSPS) is 11.2. The van der Waals surface area contributed by atoms with Gasteiger partial charge in [0.05, 0.1) is 16.1 Å². The number of rotatable bonds is 3. The van der Waals surface area contributed by atoms with Gasteiger partial charge in [-0.05, 0) is 48.0 Å². The van der Waals surface area contributed by atoms with Crippen LogP contribution in [0, 0.1) is 6.92 Å². The number of nitrogens with zero attached hydrogens (tertiary/aromatic N) is 1. The highest BCUT2D eigenvalue weighted by Gasteiger charge is 2.11. The summed E-state index contributed by atoms with van der Waals surface area (Å²) >= 11 is 7.78. The SMILES string of the molecule is Cc1ccc2nc(Sc3c(Cl)cccc3CN)[nH]c2c1. The van der Waals surface area contributed by atoms with Crippen LogP contribution in [0.2, 0.25) is 5.02 Å². The van der Waals surface area contributed by atoms with E-state index in [2.05, 4.69) is 29.0 Å². The van der Waals surface area contributed by atoms with Crippen molar-refractivity contribution in [2.45, 2.75) is 23.5 Å². The summed E-state index contributed by atoms with van der Waals surface area (Å²) in [6.07, 6.45) is 0. The Kier molecular flexibility index (Phi) is 3.70. The van der Waals surface area contributed by atoms with Gasteiger partial charge < -0.3 is 10.7 Å². The first-order valence-corrected chi connectivity index (χ1v) is 7.48. The molecule has 0 aliphatic carbocycles. The minimum Gasteiger partial charge on any atom is -0.333 e. The highest BCUT2D eigenvalue weighted by atomic mass is 35.5. The molecule has 20 heavy (non-hydrogen) atoms. The number of benzene rings is 2. The summed E-state index contributed by atoms with van der Waals surface area (Å²) in [6.45, 7) is 2.52. The molecule has 0 aliphatic heterocycles. The second-order valence-electron chi connectivity index (χ2n) is 4.60. The van der Waals surface area contributed by atoms with Crippen molar-refractivity contribution < 1.29 is 0 Å². The van der Waals surface area contributed by atoms with E-state index >= 15 is 0 Å². The molecule has 3 N–H and O–H groups in total. The van der Waals surface area contributed by atoms with E-state index < -0.39 is 0 Å². The molecule has 5 heteroatoms. The number of nitrogens with one attached hydrogen (secondary N) is 1. The fourth-order valence-corrected chi connectivity index (χ4v) is 3.33. The zero-order valence-electron chi connectivity index (χ0n) is 11.0. The van der Waals surface area contributed by atoms with Gasteiger partial charge in [0.1, 0.15) is 0 Å². The van der Waals surface area contributed by atoms with Crippen LogP contribution in [0.4, 0.5) is 0 Å². The lowest BCUT2D eigenvalue weighted by molar-refractivity contribution is 1.02. The standard InChI is InChI=1S/C15H14ClN3S/c1-9-5-6-12-13(7-9)19-15(18-12)20-14-10(8-17)3-2-4-11(14)16/h2-7H,8,17H2,1H3,(H,18,19). The number of imidazole rings is 1. The van der Waals surface area contributed by atoms with E-state index in [9.17, 15) is 0 Å². The van der Waals surface area contributed by atoms with Gasteiger partial charge in [-0.1, -0.05) is 29.8 Å². The molecule has 0 radical (unpaired) electrons. The molecule has 0 amide bonds. The third kappa shape index (κ3) is 2.54. The van der Waals surface area contributed by atoms with Gasteiger partial charge in [0.2, 0.25) is 0 Å². The Balaban J connectivity index is 2.01. The van der Waals surface area contributed by atoms with E-state index in [0.29, 0.717) is 11.6 Å². The largest absolute Gasteiger partial charge is 0.333 e. The molecule has 2 aromatic carbocycles. The Morgan fingerprint density at radius 3 is 2.95 bits per heavy atom. The summed E-state index contributed by atoms with van der Waals surface area (Å²) in [5.74, 6) is 0. The Morgan fingerprint density at radius 2 is 2.15 bits per heavy atom. The van der Waals surface area contributed by atoms with Crippen molar-refractivity contribution in [3.05, 3.63) is 52.5 Å². The van der Waals surface area contributed by atoms with Crippen molar-refractivity contribution in [1.29, 1.82) is 0 Å². The smallest absolute Gasteiger partial charge is 0.171 e. The van der Waals surface area contributed by atoms with Crippen LogP contribution in [0.5, 0.6) is 0 Å². The zero-order valence-corrected chi connectivity index (χ0v) is 12.6. The lowest BCUT2D eigenvalue weighted by Crippen LogP contribution is -1.98. The van der Waals surface area contributed by atoms with Crippen LogP contribution >= 0.6 is 23.4 Å². The molecular formula is C15H14ClN3S. The maximum absolute atomic E-state index is 6.26. The van der Waals surface area contributed by atoms with Gasteiger partial charge in [0.25, 0.3) is 0 Å². The van der Waals surface area contributed by atoms with Crippen molar-refractivity contribution >= 4 is 34.4 Å². The fourth-order valence-electron chi connectivity index (χ4n) is 2.07. The first-order chi connectivity index (χ1) is 9.67. The second-order valence-corrected chi connectivity index (χ2v) is 6.00. The number of H-pyrrole nitrogens is 1. The summed E-state index contributed by atoms with van der Waals surface area (Å²) in [4.78, 5) is 8.85. The molecule has 0 aliphatic rings. The van der Waals surface area contributed by atoms with Crippen LogP contribution in [0.3, 0.4) is 0 Å². The van der Waals surface area contributed by atoms with Crippen LogP contribution in [-0.2, 0) is 6.54 Å². The van der Waals surface area contributed by atoms with E-state index in [1.165, 1.54) is 17.3 Å². The first kappa shape index (κ1) is 13.5. The van der Waals surface area contributed by atoms with Gasteiger partial charge in [0, 0.05) is 11.4 Å². The van der Waals surface area contributed by atoms with Gasteiger partial charge in [-0.25, -0.2) is 4.98 Å². The number of aryl methyl sites for hydroxylation is 1. The maximum Gasteiger partial charge on any atom is 0.171 e. The maximum atomic E-state index is 6.26. The lowest BCUT2D eigenvalue weighted by Gasteiger charge is -2.07. The summed E-state index contributed by atoms with van der Waals surface area (Å²) in [7, 11) is 0. The average molecular weight is 304 g/mol. The molecule has 0 spiro atoms. The third-order valence-electron chi connectivity index (χ3n) is 3.08. The van der Waals surface area contributed by atoms with Crippen molar-refractivity contribution in [2.75, 3.05) is 0 Å². The van der Waals surface area contributed by atoms with Crippen molar-refractivity contribution in [1.82, 2.24) is 9.97 Å². The molecule has 0 saturated heterocycles. The van der Waals surface area contributed by atoms with E-state index in [-0.39, 0.29) is 0 Å². The van der Waals surface area contributed by atoms with Gasteiger partial charge >= 0.3 is 0 Å². The van der Waals surface area contributed by atoms with Crippen LogP contribution in [-0.4, -0.2) is 9.97 Å². The quantitative estimate of drug-likeness (QED) is 0.765. The highest BCUT2D eigenvalue weighted by Crippen LogP contribution is 2.35. The minimum atomic E-state index is 0.461. The van der Waals surface area contributed by atoms with Gasteiger partial charge in [-0.2, -0.15) is 0 Å². The van der Waals surface area contributed by atoms with E-state index in [0.717, 1.165) is 26.6 Å². The van der Waals surface area contributed by atoms with Crippen molar-refractivity contribution in [2.24, 2.45) is 5.73 Å². The Morgan fingerprint density at radius 1 is 1.30 bits per heavy atom. The molecule has 102 valence electrons. The van der Waals surface area contributed by atoms with Crippen molar-refractivity contribution in [3.63, 3.8) is 0 Å². The van der Waals surface area contributed by atoms with Crippen LogP contribution in [0.25, 0.3) is 11.0 Å².